The minimum absolute atomic E-state index is 0.200. The lowest BCUT2D eigenvalue weighted by Crippen LogP contribution is -2.42. The number of para-hydroxylation sites is 2. The number of nitrogens with zero attached hydrogens (tertiary/aromatic N) is 2. The van der Waals surface area contributed by atoms with Crippen LogP contribution < -0.4 is 10.2 Å². The van der Waals surface area contributed by atoms with Crippen molar-refractivity contribution in [3.8, 4) is 0 Å². The minimum Gasteiger partial charge on any atom is -0.378 e. The molecule has 1 aliphatic heterocycles. The van der Waals surface area contributed by atoms with Crippen LogP contribution in [0.1, 0.15) is 13.8 Å². The number of hydrogen-bond acceptors (Lipinski definition) is 5. The van der Waals surface area contributed by atoms with Crippen LogP contribution in [0.4, 0.5) is 11.4 Å². The van der Waals surface area contributed by atoms with Crippen LogP contribution >= 0.6 is 0 Å². The molecule has 1 heterocycles. The van der Waals surface area contributed by atoms with Crippen LogP contribution in [0.25, 0.3) is 0 Å². The molecule has 0 bridgehead atoms. The summed E-state index contributed by atoms with van der Waals surface area (Å²) in [5.41, 5.74) is 1.60. The van der Waals surface area contributed by atoms with E-state index in [9.17, 15) is 13.2 Å². The van der Waals surface area contributed by atoms with Crippen molar-refractivity contribution in [3.63, 3.8) is 0 Å². The number of carbonyl (C=O) groups is 1. The molecule has 1 aliphatic rings. The van der Waals surface area contributed by atoms with Gasteiger partial charge in [0.25, 0.3) is 0 Å². The molecule has 24 heavy (non-hydrogen) atoms. The van der Waals surface area contributed by atoms with Crippen LogP contribution in [0.5, 0.6) is 0 Å². The van der Waals surface area contributed by atoms with Gasteiger partial charge in [-0.1, -0.05) is 12.1 Å². The molecule has 1 N–H and O–H groups in total. The van der Waals surface area contributed by atoms with Gasteiger partial charge in [-0.05, 0) is 26.0 Å². The van der Waals surface area contributed by atoms with Crippen LogP contribution in [0.15, 0.2) is 24.3 Å². The van der Waals surface area contributed by atoms with E-state index in [0.29, 0.717) is 18.9 Å². The third kappa shape index (κ3) is 4.93. The van der Waals surface area contributed by atoms with Gasteiger partial charge >= 0.3 is 0 Å². The van der Waals surface area contributed by atoms with Crippen LogP contribution in [0.2, 0.25) is 0 Å². The topological polar surface area (TPSA) is 79.0 Å². The number of morpholine rings is 1. The van der Waals surface area contributed by atoms with Crippen molar-refractivity contribution in [3.05, 3.63) is 24.3 Å². The normalized spacial score (nSPS) is 15.8. The first-order chi connectivity index (χ1) is 11.3. The molecule has 1 saturated heterocycles. The number of hydrogen-bond donors (Lipinski definition) is 1. The zero-order valence-electron chi connectivity index (χ0n) is 14.4. The second kappa shape index (κ2) is 7.96. The molecule has 1 aromatic rings. The SMILES string of the molecule is CC(C)N(CC(=O)Nc1ccccc1N1CCOCC1)S(C)(=O)=O. The van der Waals surface area contributed by atoms with Gasteiger partial charge in [0, 0.05) is 19.1 Å². The summed E-state index contributed by atoms with van der Waals surface area (Å²) in [7, 11) is -3.44. The van der Waals surface area contributed by atoms with E-state index in [1.54, 1.807) is 13.8 Å². The number of sulfonamides is 1. The second-order valence-electron chi connectivity index (χ2n) is 6.07. The Bertz CT molecular complexity index is 670. The Morgan fingerprint density at radius 1 is 1.29 bits per heavy atom. The maximum atomic E-state index is 12.3. The van der Waals surface area contributed by atoms with Crippen molar-refractivity contribution in [1.82, 2.24) is 4.31 Å². The molecule has 1 amide bonds. The largest absolute Gasteiger partial charge is 0.378 e. The molecule has 0 atom stereocenters. The van der Waals surface area contributed by atoms with E-state index in [0.717, 1.165) is 25.0 Å². The Morgan fingerprint density at radius 3 is 2.50 bits per heavy atom. The molecule has 2 rings (SSSR count). The molecular formula is C16H25N3O4S. The fourth-order valence-corrected chi connectivity index (χ4v) is 3.79. The Labute approximate surface area is 143 Å². The molecule has 0 radical (unpaired) electrons. The number of nitrogens with one attached hydrogen (secondary N) is 1. The van der Waals surface area contributed by atoms with Crippen molar-refractivity contribution < 1.29 is 17.9 Å². The lowest BCUT2D eigenvalue weighted by molar-refractivity contribution is -0.116. The van der Waals surface area contributed by atoms with Gasteiger partial charge < -0.3 is 15.0 Å². The van der Waals surface area contributed by atoms with Crippen LogP contribution in [-0.4, -0.2) is 63.8 Å². The average Bonchev–Trinajstić information content (AvgIpc) is 2.52. The van der Waals surface area contributed by atoms with Crippen LogP contribution in [0.3, 0.4) is 0 Å². The average molecular weight is 355 g/mol. The summed E-state index contributed by atoms with van der Waals surface area (Å²) >= 11 is 0. The van der Waals surface area contributed by atoms with Gasteiger partial charge in [-0.15, -0.1) is 0 Å². The Hall–Kier alpha value is -1.64. The maximum Gasteiger partial charge on any atom is 0.239 e. The number of amides is 1. The fraction of sp³-hybridized carbons (Fsp3) is 0.562. The number of carbonyl (C=O) groups excluding carboxylic acids is 1. The van der Waals surface area contributed by atoms with Crippen molar-refractivity contribution >= 4 is 27.3 Å². The van der Waals surface area contributed by atoms with Gasteiger partial charge in [0.1, 0.15) is 0 Å². The van der Waals surface area contributed by atoms with E-state index in [1.165, 1.54) is 4.31 Å². The van der Waals surface area contributed by atoms with Gasteiger partial charge in [0.05, 0.1) is 37.4 Å². The standard InChI is InChI=1S/C16H25N3O4S/c1-13(2)19(24(3,21)22)12-16(20)17-14-6-4-5-7-15(14)18-8-10-23-11-9-18/h4-7,13H,8-12H2,1-3H3,(H,17,20). The van der Waals surface area contributed by atoms with Crippen LogP contribution in [-0.2, 0) is 19.6 Å². The van der Waals surface area contributed by atoms with Crippen LogP contribution in [0, 0.1) is 0 Å². The first kappa shape index (κ1) is 18.7. The first-order valence-corrected chi connectivity index (χ1v) is 9.82. The number of rotatable bonds is 6. The highest BCUT2D eigenvalue weighted by Gasteiger charge is 2.24. The summed E-state index contributed by atoms with van der Waals surface area (Å²) in [5.74, 6) is -0.352. The molecule has 0 saturated carbocycles. The second-order valence-corrected chi connectivity index (χ2v) is 8.00. The molecule has 0 aromatic heterocycles. The predicted octanol–water partition coefficient (Wildman–Crippen LogP) is 1.13. The zero-order chi connectivity index (χ0) is 17.7. The van der Waals surface area contributed by atoms with Crippen molar-refractivity contribution in [2.45, 2.75) is 19.9 Å². The Kier molecular flexibility index (Phi) is 6.20. The summed E-state index contributed by atoms with van der Waals surface area (Å²) in [4.78, 5) is 14.5. The number of benzene rings is 1. The van der Waals surface area contributed by atoms with E-state index >= 15 is 0 Å². The first-order valence-electron chi connectivity index (χ1n) is 7.97. The van der Waals surface area contributed by atoms with Crippen molar-refractivity contribution in [1.29, 1.82) is 0 Å². The van der Waals surface area contributed by atoms with Crippen molar-refractivity contribution in [2.24, 2.45) is 0 Å². The molecule has 0 aliphatic carbocycles. The molecule has 0 spiro atoms. The summed E-state index contributed by atoms with van der Waals surface area (Å²) in [6.45, 7) is 6.11. The smallest absolute Gasteiger partial charge is 0.239 e. The number of anilines is 2. The molecule has 1 fully saturated rings. The van der Waals surface area contributed by atoms with E-state index in [1.807, 2.05) is 24.3 Å². The molecule has 134 valence electrons. The summed E-state index contributed by atoms with van der Waals surface area (Å²) in [6, 6.07) is 7.24. The third-order valence-corrected chi connectivity index (χ3v) is 5.23. The highest BCUT2D eigenvalue weighted by molar-refractivity contribution is 7.88. The fourth-order valence-electron chi connectivity index (χ4n) is 2.67. The van der Waals surface area contributed by atoms with Gasteiger partial charge in [-0.3, -0.25) is 4.79 Å². The predicted molar refractivity (Wildman–Crippen MR) is 94.8 cm³/mol. The third-order valence-electron chi connectivity index (χ3n) is 3.83. The Morgan fingerprint density at radius 2 is 1.92 bits per heavy atom. The monoisotopic (exact) mass is 355 g/mol. The Balaban J connectivity index is 2.11. The minimum atomic E-state index is -3.44. The van der Waals surface area contributed by atoms with Gasteiger partial charge in [0.2, 0.25) is 15.9 Å². The highest BCUT2D eigenvalue weighted by Crippen LogP contribution is 2.26. The van der Waals surface area contributed by atoms with Gasteiger partial charge in [0.15, 0.2) is 0 Å². The summed E-state index contributed by atoms with van der Waals surface area (Å²) < 4.78 is 30.1. The highest BCUT2D eigenvalue weighted by atomic mass is 32.2. The van der Waals surface area contributed by atoms with E-state index in [-0.39, 0.29) is 18.5 Å². The zero-order valence-corrected chi connectivity index (χ0v) is 15.2. The van der Waals surface area contributed by atoms with Gasteiger partial charge in [-0.25, -0.2) is 8.42 Å². The number of ether oxygens (including phenoxy) is 1. The van der Waals surface area contributed by atoms with Crippen molar-refractivity contribution in [2.75, 3.05) is 49.3 Å². The molecule has 7 nitrogen and oxygen atoms in total. The summed E-state index contributed by atoms with van der Waals surface area (Å²) in [6.07, 6.45) is 1.11. The van der Waals surface area contributed by atoms with E-state index in [2.05, 4.69) is 10.2 Å². The van der Waals surface area contributed by atoms with E-state index in [4.69, 9.17) is 4.74 Å². The quantitative estimate of drug-likeness (QED) is 0.828. The molecule has 0 unspecified atom stereocenters. The van der Waals surface area contributed by atoms with Gasteiger partial charge in [-0.2, -0.15) is 4.31 Å². The lowest BCUT2D eigenvalue weighted by Gasteiger charge is -2.30. The van der Waals surface area contributed by atoms with E-state index < -0.39 is 10.0 Å². The summed E-state index contributed by atoms with van der Waals surface area (Å²) in [5, 5.41) is 2.84. The molecular weight excluding hydrogens is 330 g/mol. The molecule has 1 aromatic carbocycles. The molecule has 8 heteroatoms. The maximum absolute atomic E-state index is 12.3. The lowest BCUT2D eigenvalue weighted by atomic mass is 10.2.